The summed E-state index contributed by atoms with van der Waals surface area (Å²) < 4.78 is 42.7. The predicted molar refractivity (Wildman–Crippen MR) is 68.5 cm³/mol. The van der Waals surface area contributed by atoms with Crippen LogP contribution in [0.25, 0.3) is 0 Å². The van der Waals surface area contributed by atoms with E-state index in [2.05, 4.69) is 4.74 Å². The first kappa shape index (κ1) is 15.8. The molecule has 1 aliphatic heterocycles. The van der Waals surface area contributed by atoms with Crippen molar-refractivity contribution in [2.24, 2.45) is 5.92 Å². The fourth-order valence-electron chi connectivity index (χ4n) is 2.19. The molecule has 1 aromatic carbocycles. The van der Waals surface area contributed by atoms with Gasteiger partial charge in [0.2, 0.25) is 5.91 Å². The molecule has 8 heteroatoms. The number of hydrogen-bond acceptors (Lipinski definition) is 4. The van der Waals surface area contributed by atoms with Gasteiger partial charge in [-0.2, -0.15) is 18.4 Å². The van der Waals surface area contributed by atoms with Gasteiger partial charge in [0.25, 0.3) is 0 Å². The second-order valence-corrected chi connectivity index (χ2v) is 4.72. The van der Waals surface area contributed by atoms with Gasteiger partial charge in [0.1, 0.15) is 6.07 Å². The maximum Gasteiger partial charge on any atom is 0.416 e. The van der Waals surface area contributed by atoms with Gasteiger partial charge in [-0.25, -0.2) is 0 Å². The van der Waals surface area contributed by atoms with Crippen molar-refractivity contribution in [3.63, 3.8) is 0 Å². The lowest BCUT2D eigenvalue weighted by molar-refractivity contribution is -0.146. The lowest BCUT2D eigenvalue weighted by Crippen LogP contribution is -2.26. The molecule has 1 aromatic rings. The van der Waals surface area contributed by atoms with Gasteiger partial charge < -0.3 is 9.64 Å². The average Bonchev–Trinajstić information content (AvgIpc) is 2.86. The van der Waals surface area contributed by atoms with Crippen LogP contribution >= 0.6 is 0 Å². The molecule has 1 saturated heterocycles. The molecule has 0 N–H and O–H groups in total. The van der Waals surface area contributed by atoms with E-state index in [9.17, 15) is 22.8 Å². The number of nitrogens with zero attached hydrogens (tertiary/aromatic N) is 2. The van der Waals surface area contributed by atoms with Gasteiger partial charge in [-0.15, -0.1) is 0 Å². The molecule has 1 aliphatic rings. The molecule has 0 bridgehead atoms. The minimum absolute atomic E-state index is 0.0651. The molecule has 1 atom stereocenters. The molecule has 0 aliphatic carbocycles. The largest absolute Gasteiger partial charge is 0.450 e. The van der Waals surface area contributed by atoms with Crippen LogP contribution in [0.5, 0.6) is 0 Å². The van der Waals surface area contributed by atoms with Crippen LogP contribution in [-0.4, -0.2) is 25.0 Å². The quantitative estimate of drug-likeness (QED) is 0.802. The van der Waals surface area contributed by atoms with E-state index in [1.54, 1.807) is 6.07 Å². The van der Waals surface area contributed by atoms with E-state index in [1.165, 1.54) is 12.1 Å². The summed E-state index contributed by atoms with van der Waals surface area (Å²) >= 11 is 0. The lowest BCUT2D eigenvalue weighted by Gasteiger charge is -2.18. The highest BCUT2D eigenvalue weighted by molar-refractivity contribution is 5.99. The normalized spacial score (nSPS) is 18.2. The molecule has 0 unspecified atom stereocenters. The van der Waals surface area contributed by atoms with E-state index in [0.717, 1.165) is 17.0 Å². The highest BCUT2D eigenvalue weighted by atomic mass is 19.4. The first-order valence-corrected chi connectivity index (χ1v) is 6.34. The van der Waals surface area contributed by atoms with Crippen molar-refractivity contribution in [2.75, 3.05) is 18.1 Å². The van der Waals surface area contributed by atoms with Crippen LogP contribution < -0.4 is 4.90 Å². The molecule has 5 nitrogen and oxygen atoms in total. The Morgan fingerprint density at radius 3 is 2.82 bits per heavy atom. The van der Waals surface area contributed by atoms with E-state index in [0.29, 0.717) is 0 Å². The number of nitriles is 1. The van der Waals surface area contributed by atoms with Gasteiger partial charge in [-0.05, 0) is 18.2 Å². The highest BCUT2D eigenvalue weighted by Gasteiger charge is 2.37. The third kappa shape index (κ3) is 3.36. The first-order chi connectivity index (χ1) is 10.3. The highest BCUT2D eigenvalue weighted by Crippen LogP contribution is 2.33. The van der Waals surface area contributed by atoms with Crippen molar-refractivity contribution >= 4 is 17.6 Å². The smallest absolute Gasteiger partial charge is 0.416 e. The number of alkyl halides is 3. The summed E-state index contributed by atoms with van der Waals surface area (Å²) in [6.45, 7) is -0.489. The van der Waals surface area contributed by atoms with E-state index < -0.39 is 36.1 Å². The molecule has 2 rings (SSSR count). The summed E-state index contributed by atoms with van der Waals surface area (Å²) in [6, 6.07) is 5.97. The van der Waals surface area contributed by atoms with Crippen molar-refractivity contribution in [1.82, 2.24) is 0 Å². The molecule has 22 heavy (non-hydrogen) atoms. The summed E-state index contributed by atoms with van der Waals surface area (Å²) in [6.07, 6.45) is -4.66. The molecular formula is C14H11F3N2O3. The predicted octanol–water partition coefficient (Wildman–Crippen LogP) is 2.13. The maximum atomic E-state index is 12.7. The molecule has 1 amide bonds. The number of anilines is 1. The van der Waals surface area contributed by atoms with Crippen LogP contribution in [0.2, 0.25) is 0 Å². The zero-order valence-corrected chi connectivity index (χ0v) is 11.3. The van der Waals surface area contributed by atoms with Crippen molar-refractivity contribution in [2.45, 2.75) is 12.6 Å². The van der Waals surface area contributed by atoms with Gasteiger partial charge in [0.05, 0.1) is 11.5 Å². The molecule has 0 saturated carbocycles. The van der Waals surface area contributed by atoms with Crippen molar-refractivity contribution in [1.29, 1.82) is 5.26 Å². The number of amides is 1. The summed E-state index contributed by atoms with van der Waals surface area (Å²) in [4.78, 5) is 24.6. The third-order valence-electron chi connectivity index (χ3n) is 3.22. The van der Waals surface area contributed by atoms with Gasteiger partial charge in [-0.1, -0.05) is 6.07 Å². The number of benzene rings is 1. The minimum atomic E-state index is -4.51. The van der Waals surface area contributed by atoms with Gasteiger partial charge in [-0.3, -0.25) is 9.59 Å². The van der Waals surface area contributed by atoms with E-state index in [1.807, 2.05) is 0 Å². The Bertz CT molecular complexity index is 637. The molecule has 0 radical (unpaired) electrons. The molecule has 1 fully saturated rings. The van der Waals surface area contributed by atoms with Crippen molar-refractivity contribution in [3.8, 4) is 6.07 Å². The fourth-order valence-corrected chi connectivity index (χ4v) is 2.19. The van der Waals surface area contributed by atoms with Gasteiger partial charge in [0.15, 0.2) is 6.61 Å². The Labute approximate surface area is 123 Å². The SMILES string of the molecule is N#CCOC(=O)[C@@H]1CC(=O)N(c2cccc(C(F)(F)F)c2)C1. The number of carbonyl (C=O) groups is 2. The monoisotopic (exact) mass is 312 g/mol. The number of esters is 1. The summed E-state index contributed by atoms with van der Waals surface area (Å²) in [5.41, 5.74) is -0.788. The Morgan fingerprint density at radius 1 is 1.45 bits per heavy atom. The van der Waals surface area contributed by atoms with E-state index in [-0.39, 0.29) is 18.7 Å². The first-order valence-electron chi connectivity index (χ1n) is 6.34. The minimum Gasteiger partial charge on any atom is -0.450 e. The van der Waals surface area contributed by atoms with E-state index >= 15 is 0 Å². The Hall–Kier alpha value is -2.56. The zero-order chi connectivity index (χ0) is 16.3. The van der Waals surface area contributed by atoms with Gasteiger partial charge in [0, 0.05) is 18.7 Å². The van der Waals surface area contributed by atoms with Crippen LogP contribution in [0.4, 0.5) is 18.9 Å². The van der Waals surface area contributed by atoms with E-state index in [4.69, 9.17) is 5.26 Å². The molecule has 1 heterocycles. The standard InChI is InChI=1S/C14H11F3N2O3/c15-14(16,17)10-2-1-3-11(7-10)19-8-9(6-12(19)20)13(21)22-5-4-18/h1-3,7,9H,5-6,8H2/t9-/m1/s1. The number of ether oxygens (including phenoxy) is 1. The van der Waals surface area contributed by atoms with Crippen LogP contribution in [0.1, 0.15) is 12.0 Å². The van der Waals surface area contributed by atoms with Crippen molar-refractivity contribution < 1.29 is 27.5 Å². The van der Waals surface area contributed by atoms with Gasteiger partial charge >= 0.3 is 12.1 Å². The Morgan fingerprint density at radius 2 is 2.18 bits per heavy atom. The number of hydrogen-bond donors (Lipinski definition) is 0. The molecule has 116 valence electrons. The summed E-state index contributed by atoms with van der Waals surface area (Å²) in [5.74, 6) is -1.95. The summed E-state index contributed by atoms with van der Waals surface area (Å²) in [7, 11) is 0. The van der Waals surface area contributed by atoms with Crippen LogP contribution in [0.3, 0.4) is 0 Å². The third-order valence-corrected chi connectivity index (χ3v) is 3.22. The van der Waals surface area contributed by atoms with Crippen LogP contribution in [0, 0.1) is 17.2 Å². The van der Waals surface area contributed by atoms with Crippen LogP contribution in [-0.2, 0) is 20.5 Å². The number of rotatable bonds is 3. The second-order valence-electron chi connectivity index (χ2n) is 4.72. The average molecular weight is 312 g/mol. The Kier molecular flexibility index (Phi) is 4.35. The Balaban J connectivity index is 2.15. The molecule has 0 aromatic heterocycles. The lowest BCUT2D eigenvalue weighted by atomic mass is 10.1. The topological polar surface area (TPSA) is 70.4 Å². The molecule has 0 spiro atoms. The zero-order valence-electron chi connectivity index (χ0n) is 11.3. The fraction of sp³-hybridized carbons (Fsp3) is 0.357. The number of halogens is 3. The maximum absolute atomic E-state index is 12.7. The second kappa shape index (κ2) is 6.05. The molecular weight excluding hydrogens is 301 g/mol. The van der Waals surface area contributed by atoms with Crippen molar-refractivity contribution in [3.05, 3.63) is 29.8 Å². The summed E-state index contributed by atoms with van der Waals surface area (Å²) in [5, 5.41) is 8.34. The van der Waals surface area contributed by atoms with Crippen LogP contribution in [0.15, 0.2) is 24.3 Å². The number of carbonyl (C=O) groups excluding carboxylic acids is 2.